The Labute approximate surface area is 115 Å². The number of halogens is 1. The van der Waals surface area contributed by atoms with Gasteiger partial charge in [0, 0.05) is 13.1 Å². The fourth-order valence-electron chi connectivity index (χ4n) is 3.60. The van der Waals surface area contributed by atoms with E-state index in [1.165, 1.54) is 19.3 Å². The van der Waals surface area contributed by atoms with Crippen LogP contribution in [0.4, 0.5) is 10.1 Å². The second kappa shape index (κ2) is 5.12. The quantitative estimate of drug-likeness (QED) is 0.897. The molecule has 0 aromatic heterocycles. The van der Waals surface area contributed by atoms with Crippen LogP contribution in [-0.2, 0) is 0 Å². The van der Waals surface area contributed by atoms with Crippen molar-refractivity contribution >= 4 is 5.69 Å². The van der Waals surface area contributed by atoms with Gasteiger partial charge in [0.25, 0.3) is 0 Å². The van der Waals surface area contributed by atoms with Crippen molar-refractivity contribution in [1.29, 1.82) is 0 Å². The third kappa shape index (κ3) is 2.48. The van der Waals surface area contributed by atoms with Crippen molar-refractivity contribution in [3.05, 3.63) is 30.1 Å². The van der Waals surface area contributed by atoms with Crippen LogP contribution in [0.15, 0.2) is 24.3 Å². The van der Waals surface area contributed by atoms with E-state index >= 15 is 0 Å². The molecule has 0 radical (unpaired) electrons. The Morgan fingerprint density at radius 2 is 2.05 bits per heavy atom. The summed E-state index contributed by atoms with van der Waals surface area (Å²) >= 11 is 0. The number of benzene rings is 1. The van der Waals surface area contributed by atoms with Gasteiger partial charge in [-0.3, -0.25) is 0 Å². The van der Waals surface area contributed by atoms with Crippen LogP contribution in [0, 0.1) is 17.2 Å². The molecule has 104 valence electrons. The lowest BCUT2D eigenvalue weighted by molar-refractivity contribution is 0.323. The molecule has 0 amide bonds. The van der Waals surface area contributed by atoms with Crippen LogP contribution >= 0.6 is 0 Å². The Balaban J connectivity index is 1.67. The van der Waals surface area contributed by atoms with Crippen molar-refractivity contribution in [2.45, 2.75) is 26.2 Å². The van der Waals surface area contributed by atoms with Crippen LogP contribution in [0.1, 0.15) is 26.2 Å². The smallest absolute Gasteiger partial charge is 0.146 e. The summed E-state index contributed by atoms with van der Waals surface area (Å²) < 4.78 is 13.9. The molecule has 19 heavy (non-hydrogen) atoms. The zero-order valence-electron chi connectivity index (χ0n) is 11.7. The maximum atomic E-state index is 13.9. The first-order valence-corrected chi connectivity index (χ1v) is 7.45. The fourth-order valence-corrected chi connectivity index (χ4v) is 3.60. The summed E-state index contributed by atoms with van der Waals surface area (Å²) in [6, 6.07) is 7.15. The predicted molar refractivity (Wildman–Crippen MR) is 76.9 cm³/mol. The molecular weight excluding hydrogens is 239 g/mol. The molecule has 2 nitrogen and oxygen atoms in total. The van der Waals surface area contributed by atoms with E-state index < -0.39 is 0 Å². The lowest BCUT2D eigenvalue weighted by Crippen LogP contribution is -2.33. The zero-order valence-corrected chi connectivity index (χ0v) is 11.7. The maximum absolute atomic E-state index is 13.9. The number of nitrogens with zero attached hydrogens (tertiary/aromatic N) is 1. The van der Waals surface area contributed by atoms with Gasteiger partial charge in [0.15, 0.2) is 0 Å². The number of nitrogens with one attached hydrogen (secondary N) is 1. The van der Waals surface area contributed by atoms with E-state index in [1.807, 2.05) is 12.1 Å². The Bertz CT molecular complexity index is 440. The monoisotopic (exact) mass is 262 g/mol. The van der Waals surface area contributed by atoms with Gasteiger partial charge in [-0.2, -0.15) is 0 Å². The highest BCUT2D eigenvalue weighted by Crippen LogP contribution is 2.58. The Kier molecular flexibility index (Phi) is 3.48. The fraction of sp³-hybridized carbons (Fsp3) is 0.625. The third-order valence-electron chi connectivity index (χ3n) is 4.97. The first-order valence-electron chi connectivity index (χ1n) is 7.45. The summed E-state index contributed by atoms with van der Waals surface area (Å²) in [6.07, 6.45) is 3.93. The van der Waals surface area contributed by atoms with Crippen molar-refractivity contribution in [3.63, 3.8) is 0 Å². The second-order valence-electron chi connectivity index (χ2n) is 6.00. The Morgan fingerprint density at radius 3 is 2.74 bits per heavy atom. The van der Waals surface area contributed by atoms with Gasteiger partial charge in [-0.1, -0.05) is 12.1 Å². The molecule has 1 aliphatic carbocycles. The normalized spacial score (nSPS) is 24.4. The molecular formula is C16H23FN2. The van der Waals surface area contributed by atoms with Gasteiger partial charge >= 0.3 is 0 Å². The van der Waals surface area contributed by atoms with Crippen LogP contribution in [0.5, 0.6) is 0 Å². The summed E-state index contributed by atoms with van der Waals surface area (Å²) in [6.45, 7) is 6.32. The van der Waals surface area contributed by atoms with Gasteiger partial charge in [0.2, 0.25) is 0 Å². The van der Waals surface area contributed by atoms with Crippen molar-refractivity contribution in [2.24, 2.45) is 11.3 Å². The largest absolute Gasteiger partial charge is 0.369 e. The van der Waals surface area contributed by atoms with Crippen LogP contribution in [0.25, 0.3) is 0 Å². The summed E-state index contributed by atoms with van der Waals surface area (Å²) in [5, 5.41) is 3.44. The zero-order chi connectivity index (χ0) is 13.3. The minimum Gasteiger partial charge on any atom is -0.369 e. The molecule has 0 bridgehead atoms. The number of piperidine rings is 1. The molecule has 1 heterocycles. The summed E-state index contributed by atoms with van der Waals surface area (Å²) in [7, 11) is 0. The van der Waals surface area contributed by atoms with E-state index in [-0.39, 0.29) is 5.82 Å². The first-order chi connectivity index (χ1) is 9.25. The van der Waals surface area contributed by atoms with Gasteiger partial charge in [0.1, 0.15) is 5.82 Å². The molecule has 1 unspecified atom stereocenters. The van der Waals surface area contributed by atoms with Crippen LogP contribution in [-0.4, -0.2) is 26.2 Å². The third-order valence-corrected chi connectivity index (χ3v) is 4.97. The maximum Gasteiger partial charge on any atom is 0.146 e. The van der Waals surface area contributed by atoms with E-state index in [2.05, 4.69) is 17.1 Å². The second-order valence-corrected chi connectivity index (χ2v) is 6.00. The van der Waals surface area contributed by atoms with Gasteiger partial charge in [0.05, 0.1) is 5.69 Å². The SMILES string of the molecule is CCN(CC1CC12CCNCC2)c1ccccc1F. The van der Waals surface area contributed by atoms with Crippen LogP contribution < -0.4 is 10.2 Å². The highest BCUT2D eigenvalue weighted by molar-refractivity contribution is 5.47. The van der Waals surface area contributed by atoms with Crippen molar-refractivity contribution in [2.75, 3.05) is 31.1 Å². The highest BCUT2D eigenvalue weighted by Gasteiger charge is 2.53. The van der Waals surface area contributed by atoms with E-state index in [4.69, 9.17) is 0 Å². The molecule has 2 fully saturated rings. The molecule has 3 rings (SSSR count). The molecule has 1 saturated heterocycles. The van der Waals surface area contributed by atoms with Crippen LogP contribution in [0.2, 0.25) is 0 Å². The molecule has 1 aromatic carbocycles. The molecule has 1 aromatic rings. The average molecular weight is 262 g/mol. The van der Waals surface area contributed by atoms with Gasteiger partial charge in [-0.25, -0.2) is 4.39 Å². The minimum atomic E-state index is -0.0932. The Hall–Kier alpha value is -1.09. The van der Waals surface area contributed by atoms with Crippen molar-refractivity contribution in [1.82, 2.24) is 5.32 Å². The lowest BCUT2D eigenvalue weighted by atomic mass is 9.92. The molecule has 3 heteroatoms. The van der Waals surface area contributed by atoms with Crippen LogP contribution in [0.3, 0.4) is 0 Å². The standard InChI is InChI=1S/C16H23FN2/c1-2-19(15-6-4-3-5-14(15)17)12-13-11-16(13)7-9-18-10-8-16/h3-6,13,18H,2,7-12H2,1H3. The number of rotatable bonds is 4. The van der Waals surface area contributed by atoms with Crippen molar-refractivity contribution < 1.29 is 4.39 Å². The number of anilines is 1. The minimum absolute atomic E-state index is 0.0932. The van der Waals surface area contributed by atoms with Gasteiger partial charge in [-0.15, -0.1) is 0 Å². The van der Waals surface area contributed by atoms with E-state index in [0.29, 0.717) is 5.41 Å². The van der Waals surface area contributed by atoms with E-state index in [0.717, 1.165) is 37.8 Å². The first kappa shape index (κ1) is 12.9. The van der Waals surface area contributed by atoms with Gasteiger partial charge in [-0.05, 0) is 62.7 Å². The molecule has 1 aliphatic heterocycles. The summed E-state index contributed by atoms with van der Waals surface area (Å²) in [4.78, 5) is 2.21. The summed E-state index contributed by atoms with van der Waals surface area (Å²) in [5.41, 5.74) is 1.34. The highest BCUT2D eigenvalue weighted by atomic mass is 19.1. The molecule has 2 aliphatic rings. The number of para-hydroxylation sites is 1. The van der Waals surface area contributed by atoms with E-state index in [9.17, 15) is 4.39 Å². The molecule has 1 N–H and O–H groups in total. The Morgan fingerprint density at radius 1 is 1.32 bits per heavy atom. The van der Waals surface area contributed by atoms with Gasteiger partial charge < -0.3 is 10.2 Å². The number of hydrogen-bond donors (Lipinski definition) is 1. The average Bonchev–Trinajstić information content (AvgIpc) is 3.09. The number of hydrogen-bond acceptors (Lipinski definition) is 2. The summed E-state index contributed by atoms with van der Waals surface area (Å²) in [5.74, 6) is 0.665. The lowest BCUT2D eigenvalue weighted by Gasteiger charge is -2.28. The molecule has 1 atom stereocenters. The van der Waals surface area contributed by atoms with Crippen molar-refractivity contribution in [3.8, 4) is 0 Å². The van der Waals surface area contributed by atoms with E-state index in [1.54, 1.807) is 12.1 Å². The topological polar surface area (TPSA) is 15.3 Å². The molecule has 1 saturated carbocycles. The molecule has 1 spiro atoms. The predicted octanol–water partition coefficient (Wildman–Crippen LogP) is 3.04.